The lowest BCUT2D eigenvalue weighted by Crippen LogP contribution is -2.47. The Hall–Kier alpha value is -1.54. The van der Waals surface area contributed by atoms with Gasteiger partial charge in [0.2, 0.25) is 18.8 Å². The van der Waals surface area contributed by atoms with Gasteiger partial charge < -0.3 is 0 Å². The Morgan fingerprint density at radius 2 is 0.670 bits per heavy atom. The highest BCUT2D eigenvalue weighted by atomic mass is 19.4. The van der Waals surface area contributed by atoms with E-state index in [1.54, 1.807) is 34.6 Å². The van der Waals surface area contributed by atoms with Crippen molar-refractivity contribution in [1.29, 1.82) is 0 Å². The van der Waals surface area contributed by atoms with E-state index in [4.69, 9.17) is 5.48 Å². The maximum atomic E-state index is 12.3. The molecule has 0 radical (unpaired) electrons. The van der Waals surface area contributed by atoms with Crippen molar-refractivity contribution in [3.63, 3.8) is 0 Å². The third kappa shape index (κ3) is 90.5. The van der Waals surface area contributed by atoms with Crippen LogP contribution in [0.2, 0.25) is 0 Å². The molecule has 0 aromatic carbocycles. The highest BCUT2D eigenvalue weighted by Gasteiger charge is 2.66. The predicted molar refractivity (Wildman–Crippen MR) is 360 cm³/mol. The van der Waals surface area contributed by atoms with Gasteiger partial charge >= 0.3 is 30.9 Å². The summed E-state index contributed by atoms with van der Waals surface area (Å²) in [6.45, 7) is 57.3. The Bertz CT molecular complexity index is 1650. The van der Waals surface area contributed by atoms with Crippen molar-refractivity contribution in [2.24, 2.45) is 68.5 Å². The second-order valence-corrected chi connectivity index (χ2v) is 28.7. The highest BCUT2D eigenvalue weighted by molar-refractivity contribution is 4.87. The van der Waals surface area contributed by atoms with E-state index in [1.807, 2.05) is 34.6 Å². The van der Waals surface area contributed by atoms with E-state index < -0.39 is 116 Å². The Labute approximate surface area is 569 Å². The number of hydrogen-bond acceptors (Lipinski definition) is 0. The minimum atomic E-state index is -5.24. The smallest absolute Gasteiger partial charge is 0.251 e. The average Bonchev–Trinajstić information content (AvgIpc) is 0.782. The molecule has 0 aromatic rings. The molecule has 588 valence electrons. The lowest BCUT2D eigenvalue weighted by Gasteiger charge is -2.32. The monoisotopic (exact) mass is 1430 g/mol. The van der Waals surface area contributed by atoms with Gasteiger partial charge in [-0.1, -0.05) is 279 Å². The van der Waals surface area contributed by atoms with E-state index in [9.17, 15) is 96.6 Å². The van der Waals surface area contributed by atoms with Crippen molar-refractivity contribution >= 4 is 0 Å². The summed E-state index contributed by atoms with van der Waals surface area (Å²) in [4.78, 5) is 0. The molecule has 0 fully saturated rings. The van der Waals surface area contributed by atoms with E-state index in [2.05, 4.69) is 83.1 Å². The van der Waals surface area contributed by atoms with Crippen LogP contribution in [-0.4, -0.2) is 56.3 Å². The molecular weight excluding hydrogens is 1280 g/mol. The van der Waals surface area contributed by atoms with Crippen LogP contribution in [0.15, 0.2) is 0 Å². The van der Waals surface area contributed by atoms with Crippen LogP contribution in [-0.2, 0) is 0 Å². The Morgan fingerprint density at radius 1 is 0.351 bits per heavy atom. The van der Waals surface area contributed by atoms with Crippen molar-refractivity contribution in [2.45, 2.75) is 394 Å². The molecule has 0 heterocycles. The van der Waals surface area contributed by atoms with Crippen LogP contribution in [0.5, 0.6) is 0 Å². The van der Waals surface area contributed by atoms with Crippen LogP contribution in [0.1, 0.15) is 349 Å². The summed E-state index contributed by atoms with van der Waals surface area (Å²) in [5.74, 6) is -5.35. The number of hydrogen-bond donors (Lipinski definition) is 0. The molecule has 0 amide bonds. The molecule has 94 heavy (non-hydrogen) atoms. The Balaban J connectivity index is -0.0000000828. The second-order valence-electron chi connectivity index (χ2n) is 28.7. The van der Waals surface area contributed by atoms with Crippen LogP contribution in [0.3, 0.4) is 0 Å². The van der Waals surface area contributed by atoms with Crippen molar-refractivity contribution in [1.82, 2.24) is 0 Å². The molecule has 0 N–H and O–H groups in total. The van der Waals surface area contributed by atoms with Gasteiger partial charge in [0.1, 0.15) is 0 Å². The second kappa shape index (κ2) is 61.3. The summed E-state index contributed by atoms with van der Waals surface area (Å²) in [7, 11) is 0. The molecule has 5 atom stereocenters. The quantitative estimate of drug-likeness (QED) is 0.113. The van der Waals surface area contributed by atoms with Gasteiger partial charge in [-0.05, 0) is 86.4 Å². The van der Waals surface area contributed by atoms with E-state index >= 15 is 0 Å². The normalized spacial score (nSPS) is 14.8. The highest BCUT2D eigenvalue weighted by Crippen LogP contribution is 2.52. The van der Waals surface area contributed by atoms with E-state index in [1.165, 1.54) is 80.6 Å². The molecule has 0 rings (SSSR count). The zero-order valence-electron chi connectivity index (χ0n) is 69.0. The van der Waals surface area contributed by atoms with Crippen LogP contribution in [0, 0.1) is 68.5 Å². The first-order chi connectivity index (χ1) is 42.8. The Morgan fingerprint density at radius 3 is 0.713 bits per heavy atom. The molecule has 0 nitrogen and oxygen atoms in total. The van der Waals surface area contributed by atoms with E-state index in [-0.39, 0.29) is 44.2 Å². The maximum Gasteiger partial charge on any atom is 0.402 e. The van der Waals surface area contributed by atoms with Crippen molar-refractivity contribution in [3.05, 3.63) is 0 Å². The van der Waals surface area contributed by atoms with Gasteiger partial charge in [0.15, 0.2) is 5.41 Å². The zero-order valence-corrected chi connectivity index (χ0v) is 65.0. The molecule has 0 aliphatic heterocycles. The summed E-state index contributed by atoms with van der Waals surface area (Å²) in [6, 6.07) is 0. The Kier molecular flexibility index (Phi) is 70.7. The predicted octanol–water partition coefficient (Wildman–Crippen LogP) is 32.7. The van der Waals surface area contributed by atoms with Gasteiger partial charge in [-0.3, -0.25) is 4.39 Å². The molecule has 5 unspecified atom stereocenters. The minimum Gasteiger partial charge on any atom is -0.251 e. The van der Waals surface area contributed by atoms with Gasteiger partial charge in [-0.15, -0.1) is 0 Å². The maximum absolute atomic E-state index is 12.3. The molecule has 0 aliphatic carbocycles. The fourth-order valence-electron chi connectivity index (χ4n) is 4.85. The number of halogens is 22. The molecule has 0 aromatic heterocycles. The fourth-order valence-corrected chi connectivity index (χ4v) is 4.85. The lowest BCUT2D eigenvalue weighted by atomic mass is 9.86. The molecule has 0 aliphatic rings. The van der Waals surface area contributed by atoms with Crippen LogP contribution >= 0.6 is 0 Å². The van der Waals surface area contributed by atoms with E-state index in [0.717, 1.165) is 46.0 Å². The molecule has 0 saturated carbocycles. The summed E-state index contributed by atoms with van der Waals surface area (Å²) in [5, 5.41) is 0. The van der Waals surface area contributed by atoms with Crippen molar-refractivity contribution in [2.75, 3.05) is 6.67 Å². The van der Waals surface area contributed by atoms with Gasteiger partial charge in [0.25, 0.3) is 0 Å². The van der Waals surface area contributed by atoms with Crippen LogP contribution < -0.4 is 0 Å². The van der Waals surface area contributed by atoms with Gasteiger partial charge in [0.05, 0.1) is 23.9 Å². The van der Waals surface area contributed by atoms with Crippen molar-refractivity contribution in [3.8, 4) is 0 Å². The SMILES string of the molecule is CCC(C)(C(F)(F)F)C(F)(F)F.CCC(C)(C)C.CCC(C)(C)C(F)(F)F.CCC(C)C(F)F.CCC(F)(F)C(C)C.CCCC(C)(C)C.CCCC(C)C.CCCC(C)C(F)(F)F.CCCC(C)C(F)F.CCCC(C)CF.[2H]C([2H])(C)C(C)(C)C.[2H]C([2H])(C)CC(C)C(F)(F)F. The topological polar surface area (TPSA) is 0 Å². The van der Waals surface area contributed by atoms with Crippen LogP contribution in [0.4, 0.5) is 96.6 Å². The summed E-state index contributed by atoms with van der Waals surface area (Å²) >= 11 is 0. The first-order valence-electron chi connectivity index (χ1n) is 35.6. The minimum absolute atomic E-state index is 0.0509. The third-order valence-corrected chi connectivity index (χ3v) is 14.2. The lowest BCUT2D eigenvalue weighted by molar-refractivity contribution is -0.335. The van der Waals surface area contributed by atoms with Gasteiger partial charge in [-0.2, -0.15) is 65.9 Å². The van der Waals surface area contributed by atoms with Crippen molar-refractivity contribution < 1.29 is 102 Å². The molecular formula is C72H146F22. The molecule has 0 spiro atoms. The summed E-state index contributed by atoms with van der Waals surface area (Å²) in [5.41, 5.74) is -4.24. The largest absolute Gasteiger partial charge is 0.402 e. The zero-order chi connectivity index (χ0) is 82.7. The number of alkyl halides is 22. The number of rotatable bonds is 19. The van der Waals surface area contributed by atoms with Crippen LogP contribution in [0.25, 0.3) is 0 Å². The first-order valence-corrected chi connectivity index (χ1v) is 33.6. The van der Waals surface area contributed by atoms with E-state index in [0.29, 0.717) is 30.1 Å². The molecule has 22 heteroatoms. The standard InChI is InChI=1S/C7H16.C6H8F6.3C6H11F3.2C6H12F2.C6H13F.3C6H14.C5H10F2/c1-5-6-7(2,3)4;1-3-4(2,5(7,8)9)6(10,11)12;1-4-5(2,3)6(7,8)9;2*1-3-4-5(2)6(7,8)9;1-4-6(7,8)5(2)3;1-3-4-5(2)6(7)8;1-3-4-6(2)5-7;2*1-5-6(2,3)4;1-4-5-6(2)3;1-3-4(2)5(6)7/h5-6H2,1-4H3;3H2,1-2H3;4H2,1-3H3;2*5H,3-4H2,1-2H3;5H,4H2,1-3H3;5-6H,3-4H2,1-2H3;6H,3-5H2,1-2H3;2*5H2,1-4H3;6H,4-5H2,1-3H3;4-5H,3H2,1-2H3/i;;;3D2;;;;;5D2;;;. The first kappa shape index (κ1) is 108. The summed E-state index contributed by atoms with van der Waals surface area (Å²) < 4.78 is 288. The average molecular weight is 1430 g/mol. The van der Waals surface area contributed by atoms with Gasteiger partial charge in [0, 0.05) is 29.7 Å². The third-order valence-electron chi connectivity index (χ3n) is 14.2. The fraction of sp³-hybridized carbons (Fsp3) is 1.00. The molecule has 0 bridgehead atoms. The summed E-state index contributed by atoms with van der Waals surface area (Å²) in [6.07, 6.45) is -19.6. The molecule has 0 saturated heterocycles. The van der Waals surface area contributed by atoms with Gasteiger partial charge in [-0.25, -0.2) is 26.3 Å².